The molecule has 1 aromatic rings. The monoisotopic (exact) mass is 414 g/mol. The molecule has 164 valence electrons. The van der Waals surface area contributed by atoms with Gasteiger partial charge in [-0.1, -0.05) is 30.3 Å². The summed E-state index contributed by atoms with van der Waals surface area (Å²) in [4.78, 5) is 29.2. The van der Waals surface area contributed by atoms with Crippen LogP contribution in [0.1, 0.15) is 44.1 Å². The zero-order valence-electron chi connectivity index (χ0n) is 17.9. The zero-order chi connectivity index (χ0) is 20.8. The minimum atomic E-state index is -0.148. The maximum absolute atomic E-state index is 12.7. The Bertz CT molecular complexity index is 709. The number of carbonyl (C=O) groups excluding carboxylic acids is 2. The minimum Gasteiger partial charge on any atom is -0.378 e. The van der Waals surface area contributed by atoms with E-state index in [1.54, 1.807) is 0 Å². The minimum absolute atomic E-state index is 0.148. The summed E-state index contributed by atoms with van der Waals surface area (Å²) >= 11 is 0. The van der Waals surface area contributed by atoms with Crippen LogP contribution < -0.4 is 0 Å². The molecule has 0 aromatic heterocycles. The molecule has 4 rings (SSSR count). The lowest BCUT2D eigenvalue weighted by Crippen LogP contribution is -2.51. The third-order valence-electron chi connectivity index (χ3n) is 6.92. The first-order valence-electron chi connectivity index (χ1n) is 11.4. The van der Waals surface area contributed by atoms with Crippen molar-refractivity contribution in [3.8, 4) is 0 Å². The molecule has 30 heavy (non-hydrogen) atoms. The van der Waals surface area contributed by atoms with E-state index >= 15 is 0 Å². The first kappa shape index (κ1) is 21.3. The lowest BCUT2D eigenvalue weighted by Gasteiger charge is -2.46. The topological polar surface area (TPSA) is 59.1 Å². The third kappa shape index (κ3) is 5.41. The van der Waals surface area contributed by atoms with Crippen LogP contribution >= 0.6 is 0 Å². The number of amides is 2. The molecule has 3 fully saturated rings. The number of rotatable bonds is 5. The number of likely N-dealkylation sites (tertiary alicyclic amines) is 1. The molecule has 1 atom stereocenters. The summed E-state index contributed by atoms with van der Waals surface area (Å²) in [5, 5.41) is 0. The molecule has 3 aliphatic heterocycles. The number of carbonyl (C=O) groups is 2. The van der Waals surface area contributed by atoms with Gasteiger partial charge < -0.3 is 19.3 Å². The Morgan fingerprint density at radius 1 is 0.933 bits per heavy atom. The summed E-state index contributed by atoms with van der Waals surface area (Å²) in [6, 6.07) is 10.2. The molecule has 0 N–H and O–H groups in total. The summed E-state index contributed by atoms with van der Waals surface area (Å²) in [6.07, 6.45) is 5.63. The molecule has 2 amide bonds. The molecule has 0 aliphatic carbocycles. The van der Waals surface area contributed by atoms with Gasteiger partial charge in [0.25, 0.3) is 0 Å². The van der Waals surface area contributed by atoms with Gasteiger partial charge >= 0.3 is 0 Å². The molecule has 0 bridgehead atoms. The van der Waals surface area contributed by atoms with E-state index in [4.69, 9.17) is 9.47 Å². The molecule has 6 nitrogen and oxygen atoms in total. The molecule has 1 unspecified atom stereocenters. The Labute approximate surface area is 179 Å². The lowest BCUT2D eigenvalue weighted by atomic mass is 9.78. The van der Waals surface area contributed by atoms with Crippen molar-refractivity contribution in [3.05, 3.63) is 35.9 Å². The second-order valence-corrected chi connectivity index (χ2v) is 8.95. The number of piperidine rings is 1. The predicted molar refractivity (Wildman–Crippen MR) is 114 cm³/mol. The van der Waals surface area contributed by atoms with Crippen LogP contribution in [0.4, 0.5) is 0 Å². The van der Waals surface area contributed by atoms with E-state index in [0.717, 1.165) is 51.8 Å². The van der Waals surface area contributed by atoms with Crippen molar-refractivity contribution in [1.29, 1.82) is 0 Å². The van der Waals surface area contributed by atoms with Crippen LogP contribution in [-0.4, -0.2) is 73.2 Å². The second-order valence-electron chi connectivity index (χ2n) is 8.95. The number of hydrogen-bond acceptors (Lipinski definition) is 4. The van der Waals surface area contributed by atoms with Crippen LogP contribution in [0.3, 0.4) is 0 Å². The number of ether oxygens (including phenoxy) is 2. The normalized spacial score (nSPS) is 24.1. The number of nitrogens with zero attached hydrogens (tertiary/aromatic N) is 2. The molecule has 3 saturated heterocycles. The van der Waals surface area contributed by atoms with Crippen molar-refractivity contribution in [1.82, 2.24) is 9.80 Å². The van der Waals surface area contributed by atoms with Gasteiger partial charge in [0.2, 0.25) is 11.8 Å². The van der Waals surface area contributed by atoms with Crippen LogP contribution in [0.15, 0.2) is 30.3 Å². The first-order chi connectivity index (χ1) is 14.6. The van der Waals surface area contributed by atoms with E-state index in [0.29, 0.717) is 45.1 Å². The zero-order valence-corrected chi connectivity index (χ0v) is 17.9. The fourth-order valence-corrected chi connectivity index (χ4v) is 5.06. The smallest absolute Gasteiger partial charge is 0.223 e. The Kier molecular flexibility index (Phi) is 7.05. The van der Waals surface area contributed by atoms with Crippen LogP contribution in [0.2, 0.25) is 0 Å². The lowest BCUT2D eigenvalue weighted by molar-refractivity contribution is -0.150. The van der Waals surface area contributed by atoms with Gasteiger partial charge in [-0.15, -0.1) is 0 Å². The molecule has 1 spiro atoms. The van der Waals surface area contributed by atoms with E-state index in [9.17, 15) is 9.59 Å². The van der Waals surface area contributed by atoms with Gasteiger partial charge in [0, 0.05) is 45.6 Å². The van der Waals surface area contributed by atoms with E-state index in [1.165, 1.54) is 5.56 Å². The first-order valence-corrected chi connectivity index (χ1v) is 11.4. The highest BCUT2D eigenvalue weighted by molar-refractivity contribution is 5.77. The van der Waals surface area contributed by atoms with Gasteiger partial charge in [-0.25, -0.2) is 0 Å². The van der Waals surface area contributed by atoms with Crippen molar-refractivity contribution >= 4 is 11.8 Å². The molecule has 0 radical (unpaired) electrons. The quantitative estimate of drug-likeness (QED) is 0.743. The number of morpholine rings is 1. The Morgan fingerprint density at radius 2 is 1.63 bits per heavy atom. The summed E-state index contributed by atoms with van der Waals surface area (Å²) in [5.74, 6) is 0.881. The Balaban J connectivity index is 1.23. The molecular formula is C24H34N2O4. The van der Waals surface area contributed by atoms with Gasteiger partial charge in [0.1, 0.15) is 0 Å². The summed E-state index contributed by atoms with van der Waals surface area (Å²) < 4.78 is 11.6. The van der Waals surface area contributed by atoms with Gasteiger partial charge in [0.05, 0.1) is 18.8 Å². The van der Waals surface area contributed by atoms with E-state index in [-0.39, 0.29) is 17.4 Å². The van der Waals surface area contributed by atoms with Gasteiger partial charge in [-0.2, -0.15) is 0 Å². The van der Waals surface area contributed by atoms with E-state index in [1.807, 2.05) is 28.0 Å². The summed E-state index contributed by atoms with van der Waals surface area (Å²) in [6.45, 7) is 4.98. The second kappa shape index (κ2) is 9.92. The van der Waals surface area contributed by atoms with Crippen molar-refractivity contribution < 1.29 is 19.1 Å². The molecule has 1 aromatic carbocycles. The van der Waals surface area contributed by atoms with Crippen molar-refractivity contribution in [2.45, 2.75) is 50.5 Å². The molecule has 6 heteroatoms. The Hall–Kier alpha value is -1.92. The van der Waals surface area contributed by atoms with Gasteiger partial charge in [-0.3, -0.25) is 9.59 Å². The average molecular weight is 415 g/mol. The van der Waals surface area contributed by atoms with E-state index < -0.39 is 0 Å². The molecule has 3 aliphatic rings. The maximum atomic E-state index is 12.7. The Morgan fingerprint density at radius 3 is 2.37 bits per heavy atom. The number of hydrogen-bond donors (Lipinski definition) is 0. The SMILES string of the molecule is O=C(CCc1ccccc1)N1CCC2(CC1)CC(CC(=O)N1CCOCC1)CCO2. The molecule has 0 saturated carbocycles. The van der Waals surface area contributed by atoms with Crippen LogP contribution in [0.5, 0.6) is 0 Å². The molecular weight excluding hydrogens is 380 g/mol. The number of benzene rings is 1. The summed E-state index contributed by atoms with van der Waals surface area (Å²) in [7, 11) is 0. The highest BCUT2D eigenvalue weighted by atomic mass is 16.5. The fourth-order valence-electron chi connectivity index (χ4n) is 5.06. The van der Waals surface area contributed by atoms with Crippen LogP contribution in [0.25, 0.3) is 0 Å². The highest BCUT2D eigenvalue weighted by Crippen LogP contribution is 2.39. The predicted octanol–water partition coefficient (Wildman–Crippen LogP) is 2.66. The largest absolute Gasteiger partial charge is 0.378 e. The number of aryl methyl sites for hydroxylation is 1. The van der Waals surface area contributed by atoms with E-state index in [2.05, 4.69) is 12.1 Å². The van der Waals surface area contributed by atoms with Crippen LogP contribution in [-0.2, 0) is 25.5 Å². The highest BCUT2D eigenvalue weighted by Gasteiger charge is 2.41. The van der Waals surface area contributed by atoms with Gasteiger partial charge in [-0.05, 0) is 43.6 Å². The van der Waals surface area contributed by atoms with Gasteiger partial charge in [0.15, 0.2) is 0 Å². The van der Waals surface area contributed by atoms with Crippen molar-refractivity contribution in [3.63, 3.8) is 0 Å². The van der Waals surface area contributed by atoms with Crippen molar-refractivity contribution in [2.24, 2.45) is 5.92 Å². The van der Waals surface area contributed by atoms with Crippen LogP contribution in [0, 0.1) is 5.92 Å². The maximum Gasteiger partial charge on any atom is 0.223 e. The fraction of sp³-hybridized carbons (Fsp3) is 0.667. The summed E-state index contributed by atoms with van der Waals surface area (Å²) in [5.41, 5.74) is 1.06. The third-order valence-corrected chi connectivity index (χ3v) is 6.92. The molecule has 3 heterocycles. The standard InChI is InChI=1S/C24H34N2O4/c27-22(7-6-20-4-2-1-3-5-20)25-11-9-24(10-12-25)19-21(8-15-30-24)18-23(28)26-13-16-29-17-14-26/h1-5,21H,6-19H2. The average Bonchev–Trinajstić information content (AvgIpc) is 2.79. The van der Waals surface area contributed by atoms with Crippen molar-refractivity contribution in [2.75, 3.05) is 46.0 Å².